The highest BCUT2D eigenvalue weighted by Gasteiger charge is 2.25. The van der Waals surface area contributed by atoms with E-state index < -0.39 is 5.97 Å². The maximum Gasteiger partial charge on any atom is 0.335 e. The van der Waals surface area contributed by atoms with Crippen LogP contribution in [0.15, 0.2) is 18.2 Å². The van der Waals surface area contributed by atoms with E-state index in [0.29, 0.717) is 16.6 Å². The molecule has 0 radical (unpaired) electrons. The minimum atomic E-state index is -1.05. The summed E-state index contributed by atoms with van der Waals surface area (Å²) >= 11 is 5.98. The lowest BCUT2D eigenvalue weighted by Gasteiger charge is -2.27. The van der Waals surface area contributed by atoms with Gasteiger partial charge in [-0.2, -0.15) is 0 Å². The number of carboxylic acid groups (broad SMARTS) is 1. The number of carbonyl (C=O) groups excluding carboxylic acids is 1. The quantitative estimate of drug-likeness (QED) is 0.800. The average Bonchev–Trinajstić information content (AvgIpc) is 2.41. The van der Waals surface area contributed by atoms with Crippen LogP contribution in [0, 0.1) is 5.92 Å². The Bertz CT molecular complexity index is 533. The molecule has 1 aliphatic heterocycles. The number of carbonyl (C=O) groups is 2. The number of aromatic carboxylic acids is 1. The van der Waals surface area contributed by atoms with E-state index in [9.17, 15) is 9.59 Å². The number of hydrogen-bond acceptors (Lipinski definition) is 3. The minimum Gasteiger partial charge on any atom is -0.478 e. The summed E-state index contributed by atoms with van der Waals surface area (Å²) in [6.07, 6.45) is 1.82. The third-order valence-corrected chi connectivity index (χ3v) is 3.78. The third-order valence-electron chi connectivity index (χ3n) is 3.45. The summed E-state index contributed by atoms with van der Waals surface area (Å²) < 4.78 is 0. The fourth-order valence-electron chi connectivity index (χ4n) is 2.28. The number of hydrogen-bond donors (Lipinski definition) is 3. The van der Waals surface area contributed by atoms with E-state index in [1.807, 2.05) is 0 Å². The zero-order valence-electron chi connectivity index (χ0n) is 11.1. The van der Waals surface area contributed by atoms with Gasteiger partial charge in [0.25, 0.3) is 0 Å². The summed E-state index contributed by atoms with van der Waals surface area (Å²) in [6.45, 7) is 2.92. The molecular formula is C14H17ClN2O3. The van der Waals surface area contributed by atoms with Crippen molar-refractivity contribution in [1.29, 1.82) is 0 Å². The van der Waals surface area contributed by atoms with Crippen molar-refractivity contribution in [3.63, 3.8) is 0 Å². The van der Waals surface area contributed by atoms with Crippen molar-refractivity contribution >= 4 is 29.2 Å². The number of rotatable bonds is 3. The Hall–Kier alpha value is -1.59. The lowest BCUT2D eigenvalue weighted by atomic mass is 9.94. The molecule has 1 saturated heterocycles. The molecule has 1 aliphatic rings. The van der Waals surface area contributed by atoms with Gasteiger partial charge in [0.05, 0.1) is 22.3 Å². The Morgan fingerprint density at radius 2 is 2.20 bits per heavy atom. The Kier molecular flexibility index (Phi) is 4.62. The van der Waals surface area contributed by atoms with Crippen LogP contribution < -0.4 is 10.6 Å². The molecule has 2 unspecified atom stereocenters. The van der Waals surface area contributed by atoms with Gasteiger partial charge in [0, 0.05) is 0 Å². The summed E-state index contributed by atoms with van der Waals surface area (Å²) in [5.41, 5.74) is 0.422. The molecule has 0 aliphatic carbocycles. The molecule has 1 amide bonds. The highest BCUT2D eigenvalue weighted by atomic mass is 35.5. The van der Waals surface area contributed by atoms with Crippen molar-refractivity contribution in [2.45, 2.75) is 25.8 Å². The Morgan fingerprint density at radius 3 is 2.85 bits per heavy atom. The predicted octanol–water partition coefficient (Wildman–Crippen LogP) is 2.36. The molecule has 5 nitrogen and oxygen atoms in total. The van der Waals surface area contributed by atoms with Gasteiger partial charge in [-0.05, 0) is 43.5 Å². The van der Waals surface area contributed by atoms with E-state index in [4.69, 9.17) is 16.7 Å². The van der Waals surface area contributed by atoms with E-state index in [2.05, 4.69) is 17.6 Å². The van der Waals surface area contributed by atoms with Gasteiger partial charge in [-0.25, -0.2) is 4.79 Å². The van der Waals surface area contributed by atoms with Crippen LogP contribution in [-0.2, 0) is 4.79 Å². The second-order valence-corrected chi connectivity index (χ2v) is 5.53. The molecule has 1 aromatic carbocycles. The van der Waals surface area contributed by atoms with Gasteiger partial charge in [0.2, 0.25) is 5.91 Å². The molecule has 108 valence electrons. The van der Waals surface area contributed by atoms with Crippen molar-refractivity contribution in [3.8, 4) is 0 Å². The molecule has 20 heavy (non-hydrogen) atoms. The largest absolute Gasteiger partial charge is 0.478 e. The first-order chi connectivity index (χ1) is 9.47. The second kappa shape index (κ2) is 6.24. The van der Waals surface area contributed by atoms with Crippen LogP contribution in [-0.4, -0.2) is 29.6 Å². The van der Waals surface area contributed by atoms with Crippen LogP contribution in [0.25, 0.3) is 0 Å². The Morgan fingerprint density at radius 1 is 1.45 bits per heavy atom. The molecule has 0 spiro atoms. The Balaban J connectivity index is 2.10. The van der Waals surface area contributed by atoms with Gasteiger partial charge in [-0.3, -0.25) is 4.79 Å². The van der Waals surface area contributed by atoms with Crippen LogP contribution in [0.1, 0.15) is 30.1 Å². The molecule has 3 N–H and O–H groups in total. The summed E-state index contributed by atoms with van der Waals surface area (Å²) in [6, 6.07) is 3.98. The summed E-state index contributed by atoms with van der Waals surface area (Å²) in [4.78, 5) is 23.1. The normalized spacial score (nSPS) is 22.3. The lowest BCUT2D eigenvalue weighted by molar-refractivity contribution is -0.119. The van der Waals surface area contributed by atoms with Gasteiger partial charge in [-0.15, -0.1) is 0 Å². The van der Waals surface area contributed by atoms with Crippen molar-refractivity contribution in [2.24, 2.45) is 5.92 Å². The van der Waals surface area contributed by atoms with Crippen LogP contribution in [0.5, 0.6) is 0 Å². The maximum atomic E-state index is 12.2. The van der Waals surface area contributed by atoms with Gasteiger partial charge in [0.1, 0.15) is 0 Å². The van der Waals surface area contributed by atoms with Crippen LogP contribution in [0.3, 0.4) is 0 Å². The number of carboxylic acids is 1. The first-order valence-electron chi connectivity index (χ1n) is 6.54. The van der Waals surface area contributed by atoms with Crippen molar-refractivity contribution < 1.29 is 14.7 Å². The lowest BCUT2D eigenvalue weighted by Crippen LogP contribution is -2.45. The maximum absolute atomic E-state index is 12.2. The van der Waals surface area contributed by atoms with Crippen molar-refractivity contribution in [1.82, 2.24) is 5.32 Å². The summed E-state index contributed by atoms with van der Waals surface area (Å²) in [7, 11) is 0. The number of benzene rings is 1. The first-order valence-corrected chi connectivity index (χ1v) is 6.92. The molecule has 0 saturated carbocycles. The zero-order valence-corrected chi connectivity index (χ0v) is 11.9. The predicted molar refractivity (Wildman–Crippen MR) is 77.2 cm³/mol. The number of amides is 1. The van der Waals surface area contributed by atoms with Crippen LogP contribution in [0.4, 0.5) is 5.69 Å². The van der Waals surface area contributed by atoms with Gasteiger partial charge < -0.3 is 15.7 Å². The van der Waals surface area contributed by atoms with E-state index in [0.717, 1.165) is 19.4 Å². The van der Waals surface area contributed by atoms with E-state index >= 15 is 0 Å². The number of nitrogens with one attached hydrogen (secondary N) is 2. The molecule has 6 heteroatoms. The zero-order chi connectivity index (χ0) is 14.7. The fraction of sp³-hybridized carbons (Fsp3) is 0.429. The highest BCUT2D eigenvalue weighted by molar-refractivity contribution is 6.33. The monoisotopic (exact) mass is 296 g/mol. The van der Waals surface area contributed by atoms with Crippen LogP contribution >= 0.6 is 11.6 Å². The Labute approximate surface area is 122 Å². The molecule has 0 aromatic heterocycles. The standard InChI is InChI=1S/C14H17ClN2O3/c1-8-4-5-16-12(6-8)13(18)17-11-7-9(14(19)20)2-3-10(11)15/h2-3,7-8,12,16H,4-6H2,1H3,(H,17,18)(H,19,20). The molecule has 0 bridgehead atoms. The SMILES string of the molecule is CC1CCNC(C(=O)Nc2cc(C(=O)O)ccc2Cl)C1. The number of anilines is 1. The molecule has 1 fully saturated rings. The van der Waals surface area contributed by atoms with Gasteiger partial charge >= 0.3 is 5.97 Å². The number of piperidine rings is 1. The molecular weight excluding hydrogens is 280 g/mol. The highest BCUT2D eigenvalue weighted by Crippen LogP contribution is 2.24. The van der Waals surface area contributed by atoms with E-state index in [-0.39, 0.29) is 17.5 Å². The minimum absolute atomic E-state index is 0.0923. The fourth-order valence-corrected chi connectivity index (χ4v) is 2.45. The van der Waals surface area contributed by atoms with E-state index in [1.54, 1.807) is 0 Å². The molecule has 2 rings (SSSR count). The second-order valence-electron chi connectivity index (χ2n) is 5.13. The van der Waals surface area contributed by atoms with E-state index in [1.165, 1.54) is 18.2 Å². The summed E-state index contributed by atoms with van der Waals surface area (Å²) in [5, 5.41) is 15.1. The first kappa shape index (κ1) is 14.8. The smallest absolute Gasteiger partial charge is 0.335 e. The number of halogens is 1. The molecule has 2 atom stereocenters. The van der Waals surface area contributed by atoms with Crippen LogP contribution in [0.2, 0.25) is 5.02 Å². The molecule has 1 heterocycles. The van der Waals surface area contributed by atoms with Crippen molar-refractivity contribution in [2.75, 3.05) is 11.9 Å². The third kappa shape index (κ3) is 3.49. The molecule has 1 aromatic rings. The average molecular weight is 297 g/mol. The van der Waals surface area contributed by atoms with Crippen molar-refractivity contribution in [3.05, 3.63) is 28.8 Å². The van der Waals surface area contributed by atoms with Gasteiger partial charge in [0.15, 0.2) is 0 Å². The summed E-state index contributed by atoms with van der Waals surface area (Å²) in [5.74, 6) is -0.740. The topological polar surface area (TPSA) is 78.4 Å². The van der Waals surface area contributed by atoms with Gasteiger partial charge in [-0.1, -0.05) is 18.5 Å².